The fraction of sp³-hybridized carbons (Fsp3) is 0.829. The van der Waals surface area contributed by atoms with E-state index >= 15 is 0 Å². The fourth-order valence-electron chi connectivity index (χ4n) is 11.7. The molecule has 0 N–H and O–H groups in total. The molecule has 0 bridgehead atoms. The third kappa shape index (κ3) is 76.5. The molecule has 0 saturated heterocycles. The average Bonchev–Trinajstić information content (AvgIpc) is 2.34. The van der Waals surface area contributed by atoms with Crippen molar-refractivity contribution >= 4 is 19.8 Å². The van der Waals surface area contributed by atoms with Crippen molar-refractivity contribution in [1.82, 2.24) is 0 Å². The second-order valence-corrected chi connectivity index (χ2v) is 29.5. The number of phosphoric acid groups is 1. The van der Waals surface area contributed by atoms with E-state index in [1.165, 1.54) is 289 Å². The van der Waals surface area contributed by atoms with Gasteiger partial charge in [-0.2, -0.15) is 0 Å². The normalized spacial score (nSPS) is 13.4. The Morgan fingerprint density at radius 3 is 0.924 bits per heavy atom. The highest BCUT2D eigenvalue weighted by Gasteiger charge is 2.22. The predicted molar refractivity (Wildman–Crippen MR) is 397 cm³/mol. The number of hydrogen-bond donors (Lipinski definition) is 0. The monoisotopic (exact) mass is 1310 g/mol. The molecule has 0 aromatic heterocycles. The maximum atomic E-state index is 12.9. The number of hydrogen-bond acceptors (Lipinski definition) is 8. The Labute approximate surface area is 571 Å². The van der Waals surface area contributed by atoms with Gasteiger partial charge in [0.25, 0.3) is 7.82 Å². The first-order valence-electron chi connectivity index (χ1n) is 39.6. The zero-order chi connectivity index (χ0) is 66.9. The van der Waals surface area contributed by atoms with Crippen molar-refractivity contribution < 1.29 is 42.1 Å². The molecule has 0 saturated carbocycles. The standard InChI is InChI=1S/C82H152NO8P/c1-6-8-10-12-14-16-18-20-22-24-26-28-30-32-34-36-38-39-40-41-42-43-45-47-49-51-53-55-57-59-61-63-65-67-69-71-73-75-82(85)91-80(79-90-92(86,87)89-77-76-83(3,4)5)78-88-81(84)74-72-70-68-66-64-62-60-58-56-54-52-50-48-46-44-37-35-33-31-29-27-25-23-21-19-17-15-13-11-9-7-2/h8,10,14,16,19-22,25-28,80H,6-7,9,11-13,15,17-18,23-24,29-79H2,1-5H3/b10-8-,16-14-,21-19-,22-20-,27-25-,28-26-. The number of quaternary nitrogens is 1. The summed E-state index contributed by atoms with van der Waals surface area (Å²) in [5, 5.41) is 0. The molecule has 2 unspecified atom stereocenters. The summed E-state index contributed by atoms with van der Waals surface area (Å²) < 4.78 is 34.4. The maximum Gasteiger partial charge on any atom is 0.306 e. The molecule has 2 atom stereocenters. The van der Waals surface area contributed by atoms with Gasteiger partial charge < -0.3 is 27.9 Å². The van der Waals surface area contributed by atoms with Crippen LogP contribution >= 0.6 is 7.82 Å². The first-order chi connectivity index (χ1) is 45.0. The van der Waals surface area contributed by atoms with Gasteiger partial charge in [-0.05, 0) is 83.5 Å². The fourth-order valence-corrected chi connectivity index (χ4v) is 12.4. The van der Waals surface area contributed by atoms with Crippen LogP contribution in [0, 0.1) is 0 Å². The van der Waals surface area contributed by atoms with Crippen molar-refractivity contribution in [2.75, 3.05) is 47.5 Å². The van der Waals surface area contributed by atoms with Gasteiger partial charge in [0.1, 0.15) is 19.8 Å². The molecule has 92 heavy (non-hydrogen) atoms. The number of esters is 2. The van der Waals surface area contributed by atoms with E-state index in [9.17, 15) is 19.0 Å². The number of carbonyl (C=O) groups excluding carboxylic acids is 2. The average molecular weight is 1310 g/mol. The van der Waals surface area contributed by atoms with Crippen LogP contribution in [0.25, 0.3) is 0 Å². The highest BCUT2D eigenvalue weighted by Crippen LogP contribution is 2.38. The number of ether oxygens (including phenoxy) is 2. The number of carbonyl (C=O) groups is 2. The summed E-state index contributed by atoms with van der Waals surface area (Å²) >= 11 is 0. The van der Waals surface area contributed by atoms with Gasteiger partial charge in [-0.3, -0.25) is 14.2 Å². The quantitative estimate of drug-likeness (QED) is 0.0195. The Balaban J connectivity index is 3.92. The van der Waals surface area contributed by atoms with Crippen LogP contribution in [-0.2, 0) is 32.7 Å². The smallest absolute Gasteiger partial charge is 0.306 e. The number of nitrogens with zero attached hydrogens (tertiary/aromatic N) is 1. The Morgan fingerprint density at radius 2 is 0.620 bits per heavy atom. The first kappa shape index (κ1) is 89.5. The minimum atomic E-state index is -4.64. The summed E-state index contributed by atoms with van der Waals surface area (Å²) in [5.74, 6) is -0.812. The second-order valence-electron chi connectivity index (χ2n) is 28.0. The first-order valence-corrected chi connectivity index (χ1v) is 41.1. The van der Waals surface area contributed by atoms with E-state index in [2.05, 4.69) is 86.8 Å². The maximum absolute atomic E-state index is 12.9. The summed E-state index contributed by atoms with van der Waals surface area (Å²) in [4.78, 5) is 38.2. The number of rotatable bonds is 74. The van der Waals surface area contributed by atoms with Crippen molar-refractivity contribution in [2.24, 2.45) is 0 Å². The van der Waals surface area contributed by atoms with Gasteiger partial charge in [0, 0.05) is 12.8 Å². The molecule has 0 aromatic rings. The molecule has 10 heteroatoms. The Hall–Kier alpha value is -2.55. The topological polar surface area (TPSA) is 111 Å². The molecule has 0 aliphatic carbocycles. The van der Waals surface area contributed by atoms with Crippen molar-refractivity contribution in [3.05, 3.63) is 72.9 Å². The van der Waals surface area contributed by atoms with Crippen LogP contribution in [0.2, 0.25) is 0 Å². The van der Waals surface area contributed by atoms with Crippen LogP contribution < -0.4 is 4.89 Å². The molecular formula is C82H152NO8P. The largest absolute Gasteiger partial charge is 0.756 e. The zero-order valence-electron chi connectivity index (χ0n) is 61.5. The van der Waals surface area contributed by atoms with Gasteiger partial charge in [-0.1, -0.05) is 363 Å². The lowest BCUT2D eigenvalue weighted by Crippen LogP contribution is -2.37. The highest BCUT2D eigenvalue weighted by molar-refractivity contribution is 7.45. The molecule has 0 heterocycles. The summed E-state index contributed by atoms with van der Waals surface area (Å²) in [6.45, 7) is 4.18. The molecule has 0 amide bonds. The van der Waals surface area contributed by atoms with Crippen LogP contribution in [0.3, 0.4) is 0 Å². The molecule has 9 nitrogen and oxygen atoms in total. The van der Waals surface area contributed by atoms with Gasteiger partial charge in [0.2, 0.25) is 0 Å². The molecule has 0 rings (SSSR count). The summed E-state index contributed by atoms with van der Waals surface area (Å²) in [5.41, 5.74) is 0. The van der Waals surface area contributed by atoms with Gasteiger partial charge in [0.05, 0.1) is 27.7 Å². The van der Waals surface area contributed by atoms with Crippen LogP contribution in [0.4, 0.5) is 0 Å². The van der Waals surface area contributed by atoms with Crippen molar-refractivity contribution in [2.45, 2.75) is 392 Å². The minimum Gasteiger partial charge on any atom is -0.756 e. The lowest BCUT2D eigenvalue weighted by molar-refractivity contribution is -0.870. The van der Waals surface area contributed by atoms with Crippen molar-refractivity contribution in [1.29, 1.82) is 0 Å². The van der Waals surface area contributed by atoms with Crippen molar-refractivity contribution in [3.63, 3.8) is 0 Å². The lowest BCUT2D eigenvalue weighted by Gasteiger charge is -2.28. The summed E-state index contributed by atoms with van der Waals surface area (Å²) in [7, 11) is 1.18. The SMILES string of the molecule is CC/C=C\C/C=C\C/C=C\C/C=C\CCCCCCCCCCCCCCCCCCCCCCCCCCC(=O)OC(COC(=O)CCCCCCCCCCCCCCCCCCCCC/C=C\C/C=C\CCCCCCC)COP(=O)([O-])OCC[N+](C)(C)C. The van der Waals surface area contributed by atoms with Crippen LogP contribution in [0.15, 0.2) is 72.9 Å². The second kappa shape index (κ2) is 72.7. The number of allylic oxidation sites excluding steroid dienone is 12. The number of unbranched alkanes of at least 4 members (excludes halogenated alkanes) is 48. The summed E-state index contributed by atoms with van der Waals surface area (Å²) in [6, 6.07) is 0. The molecule has 538 valence electrons. The van der Waals surface area contributed by atoms with Crippen LogP contribution in [0.1, 0.15) is 386 Å². The lowest BCUT2D eigenvalue weighted by atomic mass is 10.0. The van der Waals surface area contributed by atoms with E-state index in [-0.39, 0.29) is 32.0 Å². The van der Waals surface area contributed by atoms with Gasteiger partial charge in [0.15, 0.2) is 6.10 Å². The zero-order valence-corrected chi connectivity index (χ0v) is 62.4. The van der Waals surface area contributed by atoms with Gasteiger partial charge in [-0.25, -0.2) is 0 Å². The summed E-state index contributed by atoms with van der Waals surface area (Å²) in [6.07, 6.45) is 98.8. The molecular weight excluding hydrogens is 1160 g/mol. The van der Waals surface area contributed by atoms with E-state index in [0.717, 1.165) is 64.2 Å². The predicted octanol–water partition coefficient (Wildman–Crippen LogP) is 25.7. The highest BCUT2D eigenvalue weighted by atomic mass is 31.2. The van der Waals surface area contributed by atoms with E-state index in [1.807, 2.05) is 21.1 Å². The third-order valence-electron chi connectivity index (χ3n) is 17.7. The molecule has 0 radical (unpaired) electrons. The van der Waals surface area contributed by atoms with Gasteiger partial charge in [-0.15, -0.1) is 0 Å². The number of phosphoric ester groups is 1. The molecule has 0 spiro atoms. The third-order valence-corrected chi connectivity index (χ3v) is 18.7. The van der Waals surface area contributed by atoms with Crippen LogP contribution in [0.5, 0.6) is 0 Å². The van der Waals surface area contributed by atoms with E-state index in [1.54, 1.807) is 0 Å². The molecule has 0 aromatic carbocycles. The Bertz CT molecular complexity index is 1780. The Kier molecular flexibility index (Phi) is 70.7. The number of likely N-dealkylation sites (N-methyl/N-ethyl adjacent to an activating group) is 1. The minimum absolute atomic E-state index is 0.0290. The van der Waals surface area contributed by atoms with Crippen molar-refractivity contribution in [3.8, 4) is 0 Å². The molecule has 0 aliphatic rings. The van der Waals surface area contributed by atoms with Gasteiger partial charge >= 0.3 is 11.9 Å². The molecule has 0 aliphatic heterocycles. The van der Waals surface area contributed by atoms with E-state index in [4.69, 9.17) is 18.5 Å². The van der Waals surface area contributed by atoms with Crippen LogP contribution in [-0.4, -0.2) is 70.0 Å². The Morgan fingerprint density at radius 1 is 0.348 bits per heavy atom. The molecule has 0 fully saturated rings. The van der Waals surface area contributed by atoms with E-state index in [0.29, 0.717) is 17.4 Å². The van der Waals surface area contributed by atoms with E-state index < -0.39 is 26.5 Å².